The number of esters is 1. The Kier molecular flexibility index (Phi) is 7.50. The average Bonchev–Trinajstić information content (AvgIpc) is 2.59. The SMILES string of the molecule is CCCCOC(=O)c1ccc(NC(=S)Nc2cccc(Cl)c2Cl)cc1. The molecule has 4 nitrogen and oxygen atoms in total. The van der Waals surface area contributed by atoms with Crippen LogP contribution < -0.4 is 10.6 Å². The summed E-state index contributed by atoms with van der Waals surface area (Å²) in [5, 5.41) is 7.22. The molecule has 0 unspecified atom stereocenters. The van der Waals surface area contributed by atoms with E-state index in [1.54, 1.807) is 42.5 Å². The van der Waals surface area contributed by atoms with Crippen LogP contribution in [0.15, 0.2) is 42.5 Å². The van der Waals surface area contributed by atoms with Crippen molar-refractivity contribution in [1.29, 1.82) is 0 Å². The summed E-state index contributed by atoms with van der Waals surface area (Å²) in [7, 11) is 0. The summed E-state index contributed by atoms with van der Waals surface area (Å²) in [5.74, 6) is -0.327. The van der Waals surface area contributed by atoms with Gasteiger partial charge in [0.25, 0.3) is 0 Å². The number of ether oxygens (including phenoxy) is 1. The number of carbonyl (C=O) groups is 1. The Morgan fingerprint density at radius 1 is 1.12 bits per heavy atom. The highest BCUT2D eigenvalue weighted by Crippen LogP contribution is 2.29. The second kappa shape index (κ2) is 9.61. The molecule has 25 heavy (non-hydrogen) atoms. The molecule has 2 aromatic carbocycles. The summed E-state index contributed by atoms with van der Waals surface area (Å²) >= 11 is 17.3. The molecule has 0 heterocycles. The third-order valence-electron chi connectivity index (χ3n) is 3.31. The number of unbranched alkanes of at least 4 members (excludes halogenated alkanes) is 1. The highest BCUT2D eigenvalue weighted by molar-refractivity contribution is 7.80. The zero-order valence-electron chi connectivity index (χ0n) is 13.6. The molecule has 2 aromatic rings. The number of nitrogens with one attached hydrogen (secondary N) is 2. The fourth-order valence-electron chi connectivity index (χ4n) is 1.97. The van der Waals surface area contributed by atoms with E-state index in [9.17, 15) is 4.79 Å². The van der Waals surface area contributed by atoms with Crippen molar-refractivity contribution in [2.45, 2.75) is 19.8 Å². The Labute approximate surface area is 162 Å². The number of benzene rings is 2. The summed E-state index contributed by atoms with van der Waals surface area (Å²) < 4.78 is 5.17. The quantitative estimate of drug-likeness (QED) is 0.369. The van der Waals surface area contributed by atoms with Gasteiger partial charge in [-0.2, -0.15) is 0 Å². The lowest BCUT2D eigenvalue weighted by molar-refractivity contribution is 0.0500. The fraction of sp³-hybridized carbons (Fsp3) is 0.222. The highest BCUT2D eigenvalue weighted by Gasteiger charge is 2.08. The van der Waals surface area contributed by atoms with E-state index in [0.29, 0.717) is 33.0 Å². The fourth-order valence-corrected chi connectivity index (χ4v) is 2.54. The molecule has 0 aliphatic carbocycles. The molecule has 0 saturated heterocycles. The minimum absolute atomic E-state index is 0.327. The molecule has 0 bridgehead atoms. The summed E-state index contributed by atoms with van der Waals surface area (Å²) in [5.41, 5.74) is 1.85. The second-order valence-electron chi connectivity index (χ2n) is 5.25. The number of carbonyl (C=O) groups excluding carboxylic acids is 1. The van der Waals surface area contributed by atoms with E-state index in [4.69, 9.17) is 40.2 Å². The Hall–Kier alpha value is -1.82. The summed E-state index contributed by atoms with van der Waals surface area (Å²) in [6.45, 7) is 2.48. The first-order chi connectivity index (χ1) is 12.0. The largest absolute Gasteiger partial charge is 0.462 e. The molecule has 0 fully saturated rings. The van der Waals surface area contributed by atoms with Crippen molar-refractivity contribution in [3.8, 4) is 0 Å². The van der Waals surface area contributed by atoms with Crippen molar-refractivity contribution < 1.29 is 9.53 Å². The molecule has 2 rings (SSSR count). The standard InChI is InChI=1S/C18H18Cl2N2O2S/c1-2-3-11-24-17(23)12-7-9-13(10-8-12)21-18(25)22-15-6-4-5-14(19)16(15)20/h4-10H,2-3,11H2,1H3,(H2,21,22,25). The van der Waals surface area contributed by atoms with E-state index in [0.717, 1.165) is 18.5 Å². The minimum atomic E-state index is -0.327. The van der Waals surface area contributed by atoms with Crippen LogP contribution in [-0.2, 0) is 4.74 Å². The molecule has 0 aromatic heterocycles. The van der Waals surface area contributed by atoms with Gasteiger partial charge in [-0.25, -0.2) is 4.79 Å². The van der Waals surface area contributed by atoms with Crippen LogP contribution in [0.25, 0.3) is 0 Å². The highest BCUT2D eigenvalue weighted by atomic mass is 35.5. The first-order valence-electron chi connectivity index (χ1n) is 7.80. The lowest BCUT2D eigenvalue weighted by Crippen LogP contribution is -2.19. The number of rotatable bonds is 6. The van der Waals surface area contributed by atoms with Gasteiger partial charge >= 0.3 is 5.97 Å². The maximum atomic E-state index is 11.9. The average molecular weight is 397 g/mol. The van der Waals surface area contributed by atoms with Gasteiger partial charge in [0.05, 0.1) is 27.9 Å². The maximum absolute atomic E-state index is 11.9. The van der Waals surface area contributed by atoms with Gasteiger partial charge in [0.1, 0.15) is 0 Å². The molecule has 0 spiro atoms. The Morgan fingerprint density at radius 3 is 2.52 bits per heavy atom. The predicted octanol–water partition coefficient (Wildman–Crippen LogP) is 5.76. The van der Waals surface area contributed by atoms with Crippen LogP contribution in [0.5, 0.6) is 0 Å². The van der Waals surface area contributed by atoms with Crippen molar-refractivity contribution in [3.63, 3.8) is 0 Å². The Morgan fingerprint density at radius 2 is 1.84 bits per heavy atom. The van der Waals surface area contributed by atoms with Crippen LogP contribution in [0.4, 0.5) is 11.4 Å². The molecule has 0 aliphatic rings. The molecular formula is C18H18Cl2N2O2S. The maximum Gasteiger partial charge on any atom is 0.338 e. The summed E-state index contributed by atoms with van der Waals surface area (Å²) in [6.07, 6.45) is 1.84. The van der Waals surface area contributed by atoms with Gasteiger partial charge in [-0.05, 0) is 55.0 Å². The van der Waals surface area contributed by atoms with Crippen LogP contribution in [0.1, 0.15) is 30.1 Å². The van der Waals surface area contributed by atoms with Gasteiger partial charge in [0, 0.05) is 5.69 Å². The monoisotopic (exact) mass is 396 g/mol. The lowest BCUT2D eigenvalue weighted by atomic mass is 10.2. The summed E-state index contributed by atoms with van der Waals surface area (Å²) in [4.78, 5) is 11.9. The van der Waals surface area contributed by atoms with Gasteiger partial charge < -0.3 is 15.4 Å². The molecule has 2 N–H and O–H groups in total. The molecule has 0 atom stereocenters. The molecule has 7 heteroatoms. The lowest BCUT2D eigenvalue weighted by Gasteiger charge is -2.12. The molecule has 132 valence electrons. The third-order valence-corrected chi connectivity index (χ3v) is 4.33. The summed E-state index contributed by atoms with van der Waals surface area (Å²) in [6, 6.07) is 12.1. The van der Waals surface area contributed by atoms with Crippen molar-refractivity contribution in [2.75, 3.05) is 17.2 Å². The van der Waals surface area contributed by atoms with Crippen molar-refractivity contribution >= 4 is 57.9 Å². The molecule has 0 radical (unpaired) electrons. The van der Waals surface area contributed by atoms with Crippen LogP contribution in [0.3, 0.4) is 0 Å². The van der Waals surface area contributed by atoms with Crippen LogP contribution in [0, 0.1) is 0 Å². The predicted molar refractivity (Wildman–Crippen MR) is 108 cm³/mol. The number of thiocarbonyl (C=S) groups is 1. The van der Waals surface area contributed by atoms with Crippen LogP contribution >= 0.6 is 35.4 Å². The van der Waals surface area contributed by atoms with E-state index >= 15 is 0 Å². The Balaban J connectivity index is 1.93. The van der Waals surface area contributed by atoms with Crippen molar-refractivity contribution in [1.82, 2.24) is 0 Å². The minimum Gasteiger partial charge on any atom is -0.462 e. The smallest absolute Gasteiger partial charge is 0.338 e. The van der Waals surface area contributed by atoms with Gasteiger partial charge in [0.15, 0.2) is 5.11 Å². The van der Waals surface area contributed by atoms with Gasteiger partial charge in [-0.1, -0.05) is 42.6 Å². The van der Waals surface area contributed by atoms with Gasteiger partial charge in [0.2, 0.25) is 0 Å². The molecule has 0 amide bonds. The van der Waals surface area contributed by atoms with Gasteiger partial charge in [-0.15, -0.1) is 0 Å². The van der Waals surface area contributed by atoms with E-state index in [2.05, 4.69) is 10.6 Å². The van der Waals surface area contributed by atoms with E-state index in [1.807, 2.05) is 6.92 Å². The van der Waals surface area contributed by atoms with Crippen LogP contribution in [-0.4, -0.2) is 17.7 Å². The van der Waals surface area contributed by atoms with Gasteiger partial charge in [-0.3, -0.25) is 0 Å². The Bertz CT molecular complexity index is 751. The van der Waals surface area contributed by atoms with E-state index in [-0.39, 0.29) is 5.97 Å². The first kappa shape index (κ1) is 19.5. The zero-order chi connectivity index (χ0) is 18.2. The number of hydrogen-bond donors (Lipinski definition) is 2. The van der Waals surface area contributed by atoms with E-state index in [1.165, 1.54) is 0 Å². The number of hydrogen-bond acceptors (Lipinski definition) is 3. The normalized spacial score (nSPS) is 10.2. The topological polar surface area (TPSA) is 50.4 Å². The van der Waals surface area contributed by atoms with Crippen molar-refractivity contribution in [2.24, 2.45) is 0 Å². The molecule has 0 saturated carbocycles. The molecule has 0 aliphatic heterocycles. The van der Waals surface area contributed by atoms with E-state index < -0.39 is 0 Å². The first-order valence-corrected chi connectivity index (χ1v) is 8.97. The molecular weight excluding hydrogens is 379 g/mol. The van der Waals surface area contributed by atoms with Crippen molar-refractivity contribution in [3.05, 3.63) is 58.1 Å². The second-order valence-corrected chi connectivity index (χ2v) is 6.44. The van der Waals surface area contributed by atoms with Crippen LogP contribution in [0.2, 0.25) is 10.0 Å². The zero-order valence-corrected chi connectivity index (χ0v) is 16.0. The number of halogens is 2. The third kappa shape index (κ3) is 5.88. The number of anilines is 2.